The highest BCUT2D eigenvalue weighted by atomic mass is 16.6. The summed E-state index contributed by atoms with van der Waals surface area (Å²) in [6.45, 7) is 1.61. The zero-order chi connectivity index (χ0) is 23.5. The SMILES string of the molecule is COC(=O)[C@H](CCOCc1ccccc1)N1CCN(C(=O)OCc2ccccc2)CCC1=O. The molecule has 0 aliphatic carbocycles. The summed E-state index contributed by atoms with van der Waals surface area (Å²) >= 11 is 0. The molecule has 8 nitrogen and oxygen atoms in total. The van der Waals surface area contributed by atoms with E-state index in [1.54, 1.807) is 0 Å². The standard InChI is InChI=1S/C25H30N2O6/c1-31-24(29)22(13-17-32-18-20-8-4-2-5-9-20)27-16-15-26(14-12-23(27)28)25(30)33-19-21-10-6-3-7-11-21/h2-11,22H,12-19H2,1H3/t22-/m0/s1. The molecule has 33 heavy (non-hydrogen) atoms. The highest BCUT2D eigenvalue weighted by Crippen LogP contribution is 2.15. The summed E-state index contributed by atoms with van der Waals surface area (Å²) in [6.07, 6.45) is -0.0583. The Labute approximate surface area is 194 Å². The summed E-state index contributed by atoms with van der Waals surface area (Å²) < 4.78 is 16.0. The maximum atomic E-state index is 12.8. The molecule has 0 spiro atoms. The minimum absolute atomic E-state index is 0.110. The molecular formula is C25H30N2O6. The van der Waals surface area contributed by atoms with E-state index < -0.39 is 18.1 Å². The van der Waals surface area contributed by atoms with Gasteiger partial charge in [-0.15, -0.1) is 0 Å². The van der Waals surface area contributed by atoms with Gasteiger partial charge >= 0.3 is 12.1 Å². The fourth-order valence-electron chi connectivity index (χ4n) is 3.66. The van der Waals surface area contributed by atoms with Gasteiger partial charge in [0.25, 0.3) is 0 Å². The molecule has 1 saturated heterocycles. The second-order valence-electron chi connectivity index (χ2n) is 7.73. The Morgan fingerprint density at radius 2 is 1.55 bits per heavy atom. The number of amides is 2. The minimum atomic E-state index is -0.765. The lowest BCUT2D eigenvalue weighted by molar-refractivity contribution is -0.153. The van der Waals surface area contributed by atoms with E-state index in [-0.39, 0.29) is 38.6 Å². The number of nitrogens with zero attached hydrogens (tertiary/aromatic N) is 2. The van der Waals surface area contributed by atoms with Crippen molar-refractivity contribution in [1.29, 1.82) is 0 Å². The van der Waals surface area contributed by atoms with Crippen LogP contribution in [0.5, 0.6) is 0 Å². The van der Waals surface area contributed by atoms with E-state index in [1.165, 1.54) is 16.9 Å². The molecule has 0 bridgehead atoms. The van der Waals surface area contributed by atoms with Crippen LogP contribution in [0.4, 0.5) is 4.79 Å². The first-order valence-electron chi connectivity index (χ1n) is 11.0. The van der Waals surface area contributed by atoms with Crippen LogP contribution >= 0.6 is 0 Å². The predicted octanol–water partition coefficient (Wildman–Crippen LogP) is 3.01. The van der Waals surface area contributed by atoms with Crippen LogP contribution in [0.15, 0.2) is 60.7 Å². The van der Waals surface area contributed by atoms with Crippen molar-refractivity contribution in [2.45, 2.75) is 32.1 Å². The molecule has 0 N–H and O–H groups in total. The normalized spacial score (nSPS) is 15.0. The van der Waals surface area contributed by atoms with Crippen LogP contribution in [0.2, 0.25) is 0 Å². The first-order chi connectivity index (χ1) is 16.1. The van der Waals surface area contributed by atoms with Gasteiger partial charge in [0, 0.05) is 39.1 Å². The average Bonchev–Trinajstić information content (AvgIpc) is 3.05. The van der Waals surface area contributed by atoms with Gasteiger partial charge in [-0.1, -0.05) is 60.7 Å². The molecule has 0 saturated carbocycles. The first-order valence-corrected chi connectivity index (χ1v) is 11.0. The van der Waals surface area contributed by atoms with Crippen LogP contribution in [0.25, 0.3) is 0 Å². The molecule has 1 atom stereocenters. The summed E-state index contributed by atoms with van der Waals surface area (Å²) in [5.74, 6) is -0.696. The zero-order valence-corrected chi connectivity index (χ0v) is 18.9. The second kappa shape index (κ2) is 12.6. The van der Waals surface area contributed by atoms with Crippen LogP contribution in [-0.4, -0.2) is 67.2 Å². The van der Waals surface area contributed by atoms with Gasteiger partial charge in [0.2, 0.25) is 5.91 Å². The Morgan fingerprint density at radius 1 is 0.909 bits per heavy atom. The number of carbonyl (C=O) groups is 3. The molecule has 2 aromatic carbocycles. The van der Waals surface area contributed by atoms with Gasteiger partial charge < -0.3 is 24.0 Å². The summed E-state index contributed by atoms with van der Waals surface area (Å²) in [4.78, 5) is 40.7. The van der Waals surface area contributed by atoms with Crippen molar-refractivity contribution in [2.75, 3.05) is 33.4 Å². The summed E-state index contributed by atoms with van der Waals surface area (Å²) in [5.41, 5.74) is 1.92. The van der Waals surface area contributed by atoms with Gasteiger partial charge in [-0.25, -0.2) is 9.59 Å². The van der Waals surface area contributed by atoms with Crippen LogP contribution in [0.1, 0.15) is 24.0 Å². The van der Waals surface area contributed by atoms with E-state index in [2.05, 4.69) is 0 Å². The molecule has 1 fully saturated rings. The molecule has 1 aliphatic heterocycles. The van der Waals surface area contributed by atoms with Crippen molar-refractivity contribution in [2.24, 2.45) is 0 Å². The fourth-order valence-corrected chi connectivity index (χ4v) is 3.66. The number of hydrogen-bond acceptors (Lipinski definition) is 6. The van der Waals surface area contributed by atoms with E-state index in [1.807, 2.05) is 60.7 Å². The zero-order valence-electron chi connectivity index (χ0n) is 18.9. The molecule has 2 aromatic rings. The monoisotopic (exact) mass is 454 g/mol. The number of rotatable bonds is 9. The number of ether oxygens (including phenoxy) is 3. The van der Waals surface area contributed by atoms with Gasteiger partial charge in [0.1, 0.15) is 12.6 Å². The number of carbonyl (C=O) groups excluding carboxylic acids is 3. The van der Waals surface area contributed by atoms with E-state index >= 15 is 0 Å². The lowest BCUT2D eigenvalue weighted by Crippen LogP contribution is -2.47. The maximum Gasteiger partial charge on any atom is 0.410 e. The van der Waals surface area contributed by atoms with E-state index in [9.17, 15) is 14.4 Å². The Kier molecular flexibility index (Phi) is 9.26. The molecule has 8 heteroatoms. The predicted molar refractivity (Wildman–Crippen MR) is 121 cm³/mol. The molecule has 1 heterocycles. The molecule has 0 unspecified atom stereocenters. The van der Waals surface area contributed by atoms with Crippen LogP contribution < -0.4 is 0 Å². The minimum Gasteiger partial charge on any atom is -0.467 e. The lowest BCUT2D eigenvalue weighted by atomic mass is 10.1. The smallest absolute Gasteiger partial charge is 0.410 e. The van der Waals surface area contributed by atoms with Crippen molar-refractivity contribution in [3.05, 3.63) is 71.8 Å². The third kappa shape index (κ3) is 7.32. The summed E-state index contributed by atoms with van der Waals surface area (Å²) in [6, 6.07) is 18.4. The molecule has 176 valence electrons. The van der Waals surface area contributed by atoms with Crippen molar-refractivity contribution < 1.29 is 28.6 Å². The Morgan fingerprint density at radius 3 is 2.18 bits per heavy atom. The van der Waals surface area contributed by atoms with Crippen molar-refractivity contribution in [3.8, 4) is 0 Å². The van der Waals surface area contributed by atoms with Crippen molar-refractivity contribution in [3.63, 3.8) is 0 Å². The Bertz CT molecular complexity index is 906. The van der Waals surface area contributed by atoms with Crippen LogP contribution in [0.3, 0.4) is 0 Å². The van der Waals surface area contributed by atoms with Gasteiger partial charge in [0.05, 0.1) is 13.7 Å². The maximum absolute atomic E-state index is 12.8. The van der Waals surface area contributed by atoms with Crippen LogP contribution in [-0.2, 0) is 37.0 Å². The topological polar surface area (TPSA) is 85.4 Å². The Hall–Kier alpha value is -3.39. The third-order valence-corrected chi connectivity index (χ3v) is 5.49. The van der Waals surface area contributed by atoms with E-state index in [0.29, 0.717) is 19.6 Å². The highest BCUT2D eigenvalue weighted by Gasteiger charge is 2.33. The molecule has 3 rings (SSSR count). The highest BCUT2D eigenvalue weighted by molar-refractivity contribution is 5.85. The molecular weight excluding hydrogens is 424 g/mol. The number of esters is 1. The van der Waals surface area contributed by atoms with Crippen molar-refractivity contribution in [1.82, 2.24) is 9.80 Å². The summed E-state index contributed by atoms with van der Waals surface area (Å²) in [5, 5.41) is 0. The molecule has 2 amide bonds. The number of benzene rings is 2. The van der Waals surface area contributed by atoms with Gasteiger partial charge in [0.15, 0.2) is 0 Å². The van der Waals surface area contributed by atoms with Gasteiger partial charge in [-0.3, -0.25) is 4.79 Å². The van der Waals surface area contributed by atoms with Crippen molar-refractivity contribution >= 4 is 18.0 Å². The van der Waals surface area contributed by atoms with E-state index in [4.69, 9.17) is 14.2 Å². The molecule has 0 aromatic heterocycles. The van der Waals surface area contributed by atoms with Gasteiger partial charge in [-0.2, -0.15) is 0 Å². The van der Waals surface area contributed by atoms with Crippen LogP contribution in [0, 0.1) is 0 Å². The quantitative estimate of drug-likeness (QED) is 0.428. The number of hydrogen-bond donors (Lipinski definition) is 0. The lowest BCUT2D eigenvalue weighted by Gasteiger charge is -2.29. The fraction of sp³-hybridized carbons (Fsp3) is 0.400. The van der Waals surface area contributed by atoms with Gasteiger partial charge in [-0.05, 0) is 11.1 Å². The first kappa shape index (κ1) is 24.3. The third-order valence-electron chi connectivity index (χ3n) is 5.49. The average molecular weight is 455 g/mol. The molecule has 0 radical (unpaired) electrons. The largest absolute Gasteiger partial charge is 0.467 e. The molecule has 1 aliphatic rings. The Balaban J connectivity index is 1.53. The summed E-state index contributed by atoms with van der Waals surface area (Å²) in [7, 11) is 1.30. The number of methoxy groups -OCH3 is 1. The van der Waals surface area contributed by atoms with E-state index in [0.717, 1.165) is 11.1 Å². The second-order valence-corrected chi connectivity index (χ2v) is 7.73.